The molecule has 172 valence electrons. The van der Waals surface area contributed by atoms with Crippen LogP contribution in [0.2, 0.25) is 0 Å². The third-order valence-corrected chi connectivity index (χ3v) is 6.35. The standard InChI is InChI=1S/C27H27N5O2/c28-26(33)23-10-6-9-20-18-32(30-25(20)23)22-14-12-21(13-15-22)29-27(34)24-11-4-5-16-31(24)17-19-7-2-1-3-8-19/h1-3,6-10,12-15,18,24H,4-5,11,16-17H2,(H2,28,33)(H,29,34). The van der Waals surface area contributed by atoms with Crippen LogP contribution in [-0.2, 0) is 11.3 Å². The van der Waals surface area contributed by atoms with Crippen LogP contribution in [0.3, 0.4) is 0 Å². The van der Waals surface area contributed by atoms with Gasteiger partial charge < -0.3 is 11.1 Å². The van der Waals surface area contributed by atoms with Crippen molar-refractivity contribution in [3.63, 3.8) is 0 Å². The van der Waals surface area contributed by atoms with Crippen LogP contribution in [0.5, 0.6) is 0 Å². The first kappa shape index (κ1) is 21.9. The minimum atomic E-state index is -0.502. The summed E-state index contributed by atoms with van der Waals surface area (Å²) in [5.41, 5.74) is 9.24. The highest BCUT2D eigenvalue weighted by Gasteiger charge is 2.28. The number of amides is 2. The fraction of sp³-hybridized carbons (Fsp3) is 0.222. The lowest BCUT2D eigenvalue weighted by molar-refractivity contribution is -0.122. The fourth-order valence-corrected chi connectivity index (χ4v) is 4.59. The number of fused-ring (bicyclic) bond motifs is 1. The van der Waals surface area contributed by atoms with Crippen molar-refractivity contribution in [1.29, 1.82) is 0 Å². The first-order chi connectivity index (χ1) is 16.6. The van der Waals surface area contributed by atoms with Crippen molar-refractivity contribution in [3.05, 3.63) is 90.1 Å². The van der Waals surface area contributed by atoms with Crippen LogP contribution < -0.4 is 11.1 Å². The van der Waals surface area contributed by atoms with Crippen molar-refractivity contribution in [2.45, 2.75) is 31.8 Å². The highest BCUT2D eigenvalue weighted by molar-refractivity contribution is 6.04. The summed E-state index contributed by atoms with van der Waals surface area (Å²) in [6.45, 7) is 1.70. The molecule has 4 aromatic rings. The van der Waals surface area contributed by atoms with E-state index in [4.69, 9.17) is 5.73 Å². The molecule has 2 amide bonds. The molecule has 5 rings (SSSR count). The zero-order valence-electron chi connectivity index (χ0n) is 18.9. The lowest BCUT2D eigenvalue weighted by atomic mass is 10.00. The minimum Gasteiger partial charge on any atom is -0.366 e. The Morgan fingerprint density at radius 3 is 2.53 bits per heavy atom. The molecule has 1 aliphatic heterocycles. The van der Waals surface area contributed by atoms with Gasteiger partial charge in [-0.1, -0.05) is 48.9 Å². The van der Waals surface area contributed by atoms with Crippen LogP contribution in [0.1, 0.15) is 35.2 Å². The summed E-state index contributed by atoms with van der Waals surface area (Å²) in [5.74, 6) is -0.475. The summed E-state index contributed by atoms with van der Waals surface area (Å²) in [6, 6.07) is 23.0. The number of nitrogens with two attached hydrogens (primary N) is 1. The van der Waals surface area contributed by atoms with E-state index >= 15 is 0 Å². The second kappa shape index (κ2) is 9.49. The van der Waals surface area contributed by atoms with Gasteiger partial charge in [-0.05, 0) is 55.3 Å². The Morgan fingerprint density at radius 1 is 0.971 bits per heavy atom. The molecule has 0 spiro atoms. The quantitative estimate of drug-likeness (QED) is 0.459. The zero-order chi connectivity index (χ0) is 23.5. The number of carbonyl (C=O) groups excluding carboxylic acids is 2. The molecule has 1 saturated heterocycles. The molecule has 1 aliphatic rings. The van der Waals surface area contributed by atoms with Gasteiger partial charge in [0.15, 0.2) is 0 Å². The van der Waals surface area contributed by atoms with E-state index in [2.05, 4.69) is 27.4 Å². The maximum Gasteiger partial charge on any atom is 0.250 e. The van der Waals surface area contributed by atoms with Gasteiger partial charge in [-0.25, -0.2) is 4.68 Å². The van der Waals surface area contributed by atoms with Crippen molar-refractivity contribution in [2.75, 3.05) is 11.9 Å². The predicted octanol–water partition coefficient (Wildman–Crippen LogP) is 4.12. The largest absolute Gasteiger partial charge is 0.366 e. The molecule has 0 aliphatic carbocycles. The Balaban J connectivity index is 1.30. The summed E-state index contributed by atoms with van der Waals surface area (Å²) in [7, 11) is 0. The number of nitrogens with zero attached hydrogens (tertiary/aromatic N) is 3. The summed E-state index contributed by atoms with van der Waals surface area (Å²) in [5, 5.41) is 8.46. The first-order valence-corrected chi connectivity index (χ1v) is 11.6. The van der Waals surface area contributed by atoms with Gasteiger partial charge in [0, 0.05) is 23.8 Å². The Hall–Kier alpha value is -3.97. The number of primary amides is 1. The van der Waals surface area contributed by atoms with Gasteiger partial charge in [-0.3, -0.25) is 14.5 Å². The van der Waals surface area contributed by atoms with E-state index in [-0.39, 0.29) is 11.9 Å². The van der Waals surface area contributed by atoms with E-state index in [1.807, 2.05) is 54.7 Å². The number of carbonyl (C=O) groups is 2. The summed E-state index contributed by atoms with van der Waals surface area (Å²) < 4.78 is 1.71. The molecule has 7 nitrogen and oxygen atoms in total. The molecular weight excluding hydrogens is 426 g/mol. The third kappa shape index (κ3) is 4.56. The SMILES string of the molecule is NC(=O)c1cccc2cn(-c3ccc(NC(=O)C4CCCCN4Cc4ccccc4)cc3)nc12. The van der Waals surface area contributed by atoms with Crippen LogP contribution in [-0.4, -0.2) is 39.1 Å². The normalized spacial score (nSPS) is 16.4. The molecule has 1 fully saturated rings. The van der Waals surface area contributed by atoms with E-state index < -0.39 is 5.91 Å². The Kier molecular flexibility index (Phi) is 6.10. The average molecular weight is 454 g/mol. The Morgan fingerprint density at radius 2 is 1.76 bits per heavy atom. The summed E-state index contributed by atoms with van der Waals surface area (Å²) in [4.78, 5) is 27.1. The number of piperidine rings is 1. The number of likely N-dealkylation sites (tertiary alicyclic amines) is 1. The van der Waals surface area contributed by atoms with Gasteiger partial charge in [-0.15, -0.1) is 0 Å². The third-order valence-electron chi connectivity index (χ3n) is 6.35. The molecule has 0 bridgehead atoms. The van der Waals surface area contributed by atoms with E-state index in [1.54, 1.807) is 16.8 Å². The second-order valence-corrected chi connectivity index (χ2v) is 8.69. The highest BCUT2D eigenvalue weighted by Crippen LogP contribution is 2.23. The van der Waals surface area contributed by atoms with Gasteiger partial charge in [0.05, 0.1) is 17.3 Å². The van der Waals surface area contributed by atoms with Crippen molar-refractivity contribution >= 4 is 28.4 Å². The van der Waals surface area contributed by atoms with E-state index in [9.17, 15) is 9.59 Å². The van der Waals surface area contributed by atoms with Crippen LogP contribution in [0.25, 0.3) is 16.6 Å². The van der Waals surface area contributed by atoms with E-state index in [1.165, 1.54) is 5.56 Å². The molecule has 0 radical (unpaired) electrons. The number of benzene rings is 3. The molecule has 7 heteroatoms. The van der Waals surface area contributed by atoms with Gasteiger partial charge in [-0.2, -0.15) is 5.10 Å². The van der Waals surface area contributed by atoms with Crippen LogP contribution in [0.15, 0.2) is 79.0 Å². The smallest absolute Gasteiger partial charge is 0.250 e. The fourth-order valence-electron chi connectivity index (χ4n) is 4.59. The van der Waals surface area contributed by atoms with Gasteiger partial charge in [0.2, 0.25) is 5.91 Å². The summed E-state index contributed by atoms with van der Waals surface area (Å²) >= 11 is 0. The zero-order valence-corrected chi connectivity index (χ0v) is 18.9. The van der Waals surface area contributed by atoms with Crippen molar-refractivity contribution in [1.82, 2.24) is 14.7 Å². The molecular formula is C27H27N5O2. The van der Waals surface area contributed by atoms with Crippen molar-refractivity contribution in [3.8, 4) is 5.69 Å². The molecule has 1 unspecified atom stereocenters. The van der Waals surface area contributed by atoms with Crippen LogP contribution in [0.4, 0.5) is 5.69 Å². The Bertz CT molecular complexity index is 1310. The summed E-state index contributed by atoms with van der Waals surface area (Å²) in [6.07, 6.45) is 4.89. The lowest BCUT2D eigenvalue weighted by Gasteiger charge is -2.34. The van der Waals surface area contributed by atoms with Crippen LogP contribution >= 0.6 is 0 Å². The maximum atomic E-state index is 13.1. The van der Waals surface area contributed by atoms with Gasteiger partial charge >= 0.3 is 0 Å². The molecule has 1 aromatic heterocycles. The van der Waals surface area contributed by atoms with E-state index in [0.717, 1.165) is 49.1 Å². The van der Waals surface area contributed by atoms with Gasteiger partial charge in [0.1, 0.15) is 5.52 Å². The highest BCUT2D eigenvalue weighted by atomic mass is 16.2. The molecule has 3 N–H and O–H groups in total. The van der Waals surface area contributed by atoms with Gasteiger partial charge in [0.25, 0.3) is 5.91 Å². The lowest BCUT2D eigenvalue weighted by Crippen LogP contribution is -2.46. The minimum absolute atomic E-state index is 0.0271. The number of rotatable bonds is 6. The predicted molar refractivity (Wildman–Crippen MR) is 133 cm³/mol. The first-order valence-electron chi connectivity index (χ1n) is 11.6. The molecule has 1 atom stereocenters. The molecule has 2 heterocycles. The molecule has 34 heavy (non-hydrogen) atoms. The number of nitrogens with one attached hydrogen (secondary N) is 1. The monoisotopic (exact) mass is 453 g/mol. The van der Waals surface area contributed by atoms with Crippen LogP contribution in [0, 0.1) is 0 Å². The van der Waals surface area contributed by atoms with Crippen molar-refractivity contribution in [2.24, 2.45) is 5.73 Å². The number of hydrogen-bond acceptors (Lipinski definition) is 4. The maximum absolute atomic E-state index is 13.1. The second-order valence-electron chi connectivity index (χ2n) is 8.69. The topological polar surface area (TPSA) is 93.2 Å². The number of hydrogen-bond donors (Lipinski definition) is 2. The Labute approximate surface area is 198 Å². The van der Waals surface area contributed by atoms with Crippen molar-refractivity contribution < 1.29 is 9.59 Å². The molecule has 3 aromatic carbocycles. The number of anilines is 1. The average Bonchev–Trinajstić information content (AvgIpc) is 3.30. The number of aromatic nitrogens is 2. The molecule has 0 saturated carbocycles. The van der Waals surface area contributed by atoms with E-state index in [0.29, 0.717) is 11.1 Å².